The van der Waals surface area contributed by atoms with Crippen molar-refractivity contribution in [3.05, 3.63) is 93.7 Å². The van der Waals surface area contributed by atoms with Crippen molar-refractivity contribution < 1.29 is 32.3 Å². The van der Waals surface area contributed by atoms with Crippen LogP contribution in [0.3, 0.4) is 0 Å². The Kier molecular flexibility index (Phi) is 8.07. The van der Waals surface area contributed by atoms with Crippen LogP contribution >= 0.6 is 0 Å². The molecule has 1 fully saturated rings. The zero-order valence-electron chi connectivity index (χ0n) is 25.8. The number of fused-ring (bicyclic) bond motifs is 4. The van der Waals surface area contributed by atoms with E-state index in [1.807, 2.05) is 18.2 Å². The molecule has 3 aromatic rings. The molecule has 12 heteroatoms. The number of ether oxygens (including phenoxy) is 1. The highest BCUT2D eigenvalue weighted by Crippen LogP contribution is 2.46. The van der Waals surface area contributed by atoms with Gasteiger partial charge in [-0.05, 0) is 74.4 Å². The maximum atomic E-state index is 15.1. The molecule has 3 aliphatic heterocycles. The molecular formula is C35H34F3N5O4. The van der Waals surface area contributed by atoms with E-state index in [2.05, 4.69) is 20.6 Å². The van der Waals surface area contributed by atoms with Crippen LogP contribution in [-0.4, -0.2) is 64.4 Å². The Morgan fingerprint density at radius 3 is 2.66 bits per heavy atom. The van der Waals surface area contributed by atoms with Gasteiger partial charge in [-0.25, -0.2) is 18.2 Å². The number of allylic oxidation sites excluding steroid dienone is 1. The molecule has 47 heavy (non-hydrogen) atoms. The van der Waals surface area contributed by atoms with Crippen molar-refractivity contribution in [2.45, 2.75) is 68.9 Å². The number of hydrogen-bond acceptors (Lipinski definition) is 6. The first-order valence-electron chi connectivity index (χ1n) is 15.9. The lowest BCUT2D eigenvalue weighted by molar-refractivity contribution is -0.139. The summed E-state index contributed by atoms with van der Waals surface area (Å²) in [7, 11) is 0. The summed E-state index contributed by atoms with van der Waals surface area (Å²) in [4.78, 5) is 51.3. The average molecular weight is 646 g/mol. The van der Waals surface area contributed by atoms with Crippen molar-refractivity contribution in [2.24, 2.45) is 0 Å². The molecule has 2 aromatic heterocycles. The number of nitrogens with one attached hydrogen (secondary N) is 2. The maximum absolute atomic E-state index is 15.1. The summed E-state index contributed by atoms with van der Waals surface area (Å²) in [5.41, 5.74) is 1.90. The monoisotopic (exact) mass is 645 g/mol. The molecule has 1 spiro atoms. The SMILES string of the molecule is CC1C(c2c(F)ccc(F)c2F)CC2NC(=O)c3cnc4c(c3)C[C@@]3(C4)C(=O)Nc4ncc(cc43)/C=C/CCCOCCCN1C2=O. The zero-order chi connectivity index (χ0) is 32.9. The molecule has 3 amide bonds. The molecule has 1 aliphatic carbocycles. The van der Waals surface area contributed by atoms with E-state index in [0.29, 0.717) is 44.0 Å². The second-order valence-corrected chi connectivity index (χ2v) is 12.8. The van der Waals surface area contributed by atoms with Gasteiger partial charge in [0, 0.05) is 67.4 Å². The number of aromatic nitrogens is 2. The van der Waals surface area contributed by atoms with E-state index in [-0.39, 0.29) is 24.4 Å². The number of nitrogens with zero attached hydrogens (tertiary/aromatic N) is 3. The number of pyridine rings is 2. The van der Waals surface area contributed by atoms with Crippen molar-refractivity contribution in [1.82, 2.24) is 20.2 Å². The van der Waals surface area contributed by atoms with Crippen molar-refractivity contribution in [3.8, 4) is 0 Å². The van der Waals surface area contributed by atoms with Crippen molar-refractivity contribution in [1.29, 1.82) is 0 Å². The Labute approximate surface area is 269 Å². The van der Waals surface area contributed by atoms with Crippen molar-refractivity contribution in [3.63, 3.8) is 0 Å². The van der Waals surface area contributed by atoms with Crippen LogP contribution in [0.5, 0.6) is 0 Å². The molecule has 0 radical (unpaired) electrons. The fraction of sp³-hybridized carbons (Fsp3) is 0.400. The van der Waals surface area contributed by atoms with Gasteiger partial charge in [0.25, 0.3) is 5.91 Å². The summed E-state index contributed by atoms with van der Waals surface area (Å²) in [6, 6.07) is 3.45. The fourth-order valence-corrected chi connectivity index (χ4v) is 7.43. The molecule has 4 aliphatic rings. The van der Waals surface area contributed by atoms with Crippen LogP contribution in [0.1, 0.15) is 76.8 Å². The largest absolute Gasteiger partial charge is 0.381 e. The summed E-state index contributed by atoms with van der Waals surface area (Å²) in [6.07, 6.45) is 9.64. The Morgan fingerprint density at radius 1 is 1.00 bits per heavy atom. The van der Waals surface area contributed by atoms with E-state index < -0.39 is 58.2 Å². The number of piperidine rings is 1. The molecule has 4 atom stereocenters. The Balaban J connectivity index is 1.22. The quantitative estimate of drug-likeness (QED) is 0.374. The molecule has 1 aromatic carbocycles. The molecule has 2 N–H and O–H groups in total. The van der Waals surface area contributed by atoms with Gasteiger partial charge < -0.3 is 20.3 Å². The van der Waals surface area contributed by atoms with Crippen LogP contribution in [0.15, 0.2) is 42.7 Å². The number of carbonyl (C=O) groups excluding carboxylic acids is 3. The number of carbonyl (C=O) groups is 3. The lowest BCUT2D eigenvalue weighted by Gasteiger charge is -2.43. The molecular weight excluding hydrogens is 611 g/mol. The Bertz CT molecular complexity index is 1820. The predicted molar refractivity (Wildman–Crippen MR) is 166 cm³/mol. The first-order chi connectivity index (χ1) is 22.7. The molecule has 1 saturated heterocycles. The zero-order valence-corrected chi connectivity index (χ0v) is 25.8. The van der Waals surface area contributed by atoms with E-state index in [1.54, 1.807) is 19.2 Å². The van der Waals surface area contributed by atoms with E-state index in [1.165, 1.54) is 11.1 Å². The Morgan fingerprint density at radius 2 is 1.81 bits per heavy atom. The van der Waals surface area contributed by atoms with Crippen molar-refractivity contribution >= 4 is 29.6 Å². The summed E-state index contributed by atoms with van der Waals surface area (Å²) >= 11 is 0. The third-order valence-corrected chi connectivity index (χ3v) is 9.93. The average Bonchev–Trinajstić information content (AvgIpc) is 3.57. The van der Waals surface area contributed by atoms with Gasteiger partial charge in [-0.1, -0.05) is 12.2 Å². The van der Waals surface area contributed by atoms with Gasteiger partial charge in [0.2, 0.25) is 11.8 Å². The topological polar surface area (TPSA) is 114 Å². The third-order valence-electron chi connectivity index (χ3n) is 9.93. The molecule has 244 valence electrons. The van der Waals surface area contributed by atoms with Crippen LogP contribution in [0.25, 0.3) is 6.08 Å². The summed E-state index contributed by atoms with van der Waals surface area (Å²) < 4.78 is 50.2. The number of halogens is 3. The standard InChI is InChI=1S/C35H34F3N5O4/c1-19-23(29-25(36)7-8-26(37)30(29)38)14-27-33(45)43(19)9-5-11-47-10-4-2-3-6-20-12-24-31(40-17-20)42-34(46)35(24)15-21-13-22(32(44)41-27)18-39-28(21)16-35/h3,6-8,12-13,17-19,23,27H,2,4-5,9-11,14-16H2,1H3,(H,41,44)(H,40,42,46)/b6-3+/t19?,23?,27?,35-/m0/s1. The van der Waals surface area contributed by atoms with E-state index in [4.69, 9.17) is 4.74 Å². The summed E-state index contributed by atoms with van der Waals surface area (Å²) in [6.45, 7) is 2.74. The van der Waals surface area contributed by atoms with E-state index in [9.17, 15) is 18.8 Å². The minimum Gasteiger partial charge on any atom is -0.381 e. The predicted octanol–water partition coefficient (Wildman–Crippen LogP) is 4.60. The number of anilines is 1. The lowest BCUT2D eigenvalue weighted by Crippen LogP contribution is -2.58. The molecule has 5 heterocycles. The maximum Gasteiger partial charge on any atom is 0.253 e. The van der Waals surface area contributed by atoms with Crippen LogP contribution in [0.2, 0.25) is 0 Å². The van der Waals surface area contributed by atoms with Crippen LogP contribution in [-0.2, 0) is 32.6 Å². The van der Waals surface area contributed by atoms with Crippen LogP contribution in [0.4, 0.5) is 19.0 Å². The second-order valence-electron chi connectivity index (χ2n) is 12.8. The van der Waals surface area contributed by atoms with Gasteiger partial charge in [-0.15, -0.1) is 0 Å². The van der Waals surface area contributed by atoms with Crippen LogP contribution < -0.4 is 10.6 Å². The third kappa shape index (κ3) is 5.48. The summed E-state index contributed by atoms with van der Waals surface area (Å²) in [5, 5.41) is 5.67. The number of rotatable bonds is 1. The first kappa shape index (κ1) is 31.0. The highest BCUT2D eigenvalue weighted by molar-refractivity contribution is 6.06. The van der Waals surface area contributed by atoms with Crippen LogP contribution in [0, 0.1) is 17.5 Å². The highest BCUT2D eigenvalue weighted by Gasteiger charge is 2.52. The van der Waals surface area contributed by atoms with Crippen molar-refractivity contribution in [2.75, 3.05) is 25.1 Å². The fourth-order valence-electron chi connectivity index (χ4n) is 7.43. The normalized spacial score (nSPS) is 26.8. The number of amides is 3. The summed E-state index contributed by atoms with van der Waals surface area (Å²) in [5.74, 6) is -4.99. The van der Waals surface area contributed by atoms with E-state index >= 15 is 8.78 Å². The lowest BCUT2D eigenvalue weighted by atomic mass is 9.79. The van der Waals surface area contributed by atoms with Gasteiger partial charge in [0.05, 0.1) is 11.0 Å². The molecule has 7 bridgehead atoms. The highest BCUT2D eigenvalue weighted by atomic mass is 19.2. The molecule has 7 rings (SSSR count). The molecule has 3 unspecified atom stereocenters. The number of benzene rings is 1. The second kappa shape index (κ2) is 12.2. The minimum atomic E-state index is -1.30. The van der Waals surface area contributed by atoms with Gasteiger partial charge in [-0.3, -0.25) is 19.4 Å². The smallest absolute Gasteiger partial charge is 0.253 e. The Hall–Kier alpha value is -4.58. The van der Waals surface area contributed by atoms with Gasteiger partial charge in [0.1, 0.15) is 17.7 Å². The van der Waals surface area contributed by atoms with Gasteiger partial charge >= 0.3 is 0 Å². The van der Waals surface area contributed by atoms with E-state index in [0.717, 1.165) is 41.7 Å². The first-order valence-corrected chi connectivity index (χ1v) is 15.9. The van der Waals surface area contributed by atoms with Gasteiger partial charge in [-0.2, -0.15) is 0 Å². The molecule has 9 nitrogen and oxygen atoms in total. The van der Waals surface area contributed by atoms with Gasteiger partial charge in [0.15, 0.2) is 11.6 Å². The number of hydrogen-bond donors (Lipinski definition) is 2. The minimum absolute atomic E-state index is 0.128. The molecule has 0 saturated carbocycles.